The summed E-state index contributed by atoms with van der Waals surface area (Å²) in [5, 5.41) is 21.3. The third kappa shape index (κ3) is 4.58. The molecule has 0 fully saturated rings. The van der Waals surface area contributed by atoms with E-state index < -0.39 is 12.0 Å². The molecule has 2 aromatic heterocycles. The van der Waals surface area contributed by atoms with E-state index >= 15 is 0 Å². The molecule has 0 radical (unpaired) electrons. The summed E-state index contributed by atoms with van der Waals surface area (Å²) in [6, 6.07) is 18.3. The van der Waals surface area contributed by atoms with Gasteiger partial charge in [-0.3, -0.25) is 4.79 Å². The van der Waals surface area contributed by atoms with Gasteiger partial charge in [0.05, 0.1) is 17.0 Å². The standard InChI is InChI=1S/C29H21N3O5/c1-4-18-9-11-19(12-10-18)27-31-32-28(37-27)25-15-24(33)22-14-16(2)13-21(26(22)36-25)17(3)30-23-8-6-5-7-20(23)29(34)35/h1,5-15,17,30H,2-3H3,(H,34,35). The third-order valence-corrected chi connectivity index (χ3v) is 5.93. The summed E-state index contributed by atoms with van der Waals surface area (Å²) >= 11 is 0. The van der Waals surface area contributed by atoms with E-state index in [9.17, 15) is 14.7 Å². The van der Waals surface area contributed by atoms with Crippen LogP contribution in [0.25, 0.3) is 34.1 Å². The SMILES string of the molecule is C#Cc1ccc(-c2nnc(-c3cc(=O)c4cc(C)cc(C(C)Nc5ccccc5C(=O)O)c4o3)o2)cc1. The number of carboxylic acid groups (broad SMARTS) is 1. The van der Waals surface area contributed by atoms with Gasteiger partial charge < -0.3 is 19.3 Å². The first-order valence-electron chi connectivity index (χ1n) is 11.4. The van der Waals surface area contributed by atoms with Crippen molar-refractivity contribution in [1.29, 1.82) is 0 Å². The maximum Gasteiger partial charge on any atom is 0.337 e. The van der Waals surface area contributed by atoms with Crippen LogP contribution in [0.5, 0.6) is 0 Å². The average Bonchev–Trinajstić information content (AvgIpc) is 3.39. The minimum Gasteiger partial charge on any atom is -0.478 e. The molecule has 1 atom stereocenters. The van der Waals surface area contributed by atoms with Crippen LogP contribution in [-0.2, 0) is 0 Å². The number of anilines is 1. The van der Waals surface area contributed by atoms with Crippen molar-refractivity contribution in [3.8, 4) is 35.4 Å². The minimum absolute atomic E-state index is 0.0541. The Morgan fingerprint density at radius 2 is 1.76 bits per heavy atom. The number of benzene rings is 3. The fourth-order valence-electron chi connectivity index (χ4n) is 4.12. The Morgan fingerprint density at radius 3 is 2.49 bits per heavy atom. The van der Waals surface area contributed by atoms with Crippen molar-refractivity contribution in [2.75, 3.05) is 5.32 Å². The van der Waals surface area contributed by atoms with E-state index in [1.54, 1.807) is 48.5 Å². The van der Waals surface area contributed by atoms with Crippen LogP contribution in [0.1, 0.15) is 40.0 Å². The highest BCUT2D eigenvalue weighted by Crippen LogP contribution is 2.32. The second kappa shape index (κ2) is 9.47. The fourth-order valence-corrected chi connectivity index (χ4v) is 4.12. The number of hydrogen-bond donors (Lipinski definition) is 2. The lowest BCUT2D eigenvalue weighted by Crippen LogP contribution is -2.12. The summed E-state index contributed by atoms with van der Waals surface area (Å²) in [4.78, 5) is 24.7. The van der Waals surface area contributed by atoms with Gasteiger partial charge in [-0.25, -0.2) is 4.79 Å². The number of aromatic nitrogens is 2. The van der Waals surface area contributed by atoms with Crippen molar-refractivity contribution >= 4 is 22.6 Å². The van der Waals surface area contributed by atoms with Crippen LogP contribution in [-0.4, -0.2) is 21.3 Å². The molecule has 0 aliphatic heterocycles. The second-order valence-corrected chi connectivity index (χ2v) is 8.56. The molecule has 0 aliphatic carbocycles. The molecular formula is C29H21N3O5. The minimum atomic E-state index is -1.04. The Bertz CT molecular complexity index is 1740. The van der Waals surface area contributed by atoms with E-state index in [4.69, 9.17) is 15.3 Å². The lowest BCUT2D eigenvalue weighted by Gasteiger charge is -2.19. The molecule has 8 heteroatoms. The molecule has 182 valence electrons. The predicted molar refractivity (Wildman–Crippen MR) is 139 cm³/mol. The number of hydrogen-bond acceptors (Lipinski definition) is 7. The zero-order valence-corrected chi connectivity index (χ0v) is 20.0. The van der Waals surface area contributed by atoms with Gasteiger partial charge in [0, 0.05) is 28.4 Å². The van der Waals surface area contributed by atoms with Gasteiger partial charge in [-0.2, -0.15) is 0 Å². The largest absolute Gasteiger partial charge is 0.478 e. The van der Waals surface area contributed by atoms with Crippen LogP contribution in [0.2, 0.25) is 0 Å². The number of aromatic carboxylic acids is 1. The number of para-hydroxylation sites is 1. The molecule has 37 heavy (non-hydrogen) atoms. The van der Waals surface area contributed by atoms with Crippen LogP contribution in [0.3, 0.4) is 0 Å². The first-order chi connectivity index (χ1) is 17.8. The summed E-state index contributed by atoms with van der Waals surface area (Å²) in [6.45, 7) is 3.74. The third-order valence-electron chi connectivity index (χ3n) is 5.93. The van der Waals surface area contributed by atoms with Crippen molar-refractivity contribution in [1.82, 2.24) is 10.2 Å². The molecule has 2 heterocycles. The Kier molecular flexibility index (Phi) is 6.04. The molecule has 8 nitrogen and oxygen atoms in total. The molecule has 3 aromatic carbocycles. The maximum atomic E-state index is 13.1. The quantitative estimate of drug-likeness (QED) is 0.292. The fraction of sp³-hybridized carbons (Fsp3) is 0.103. The summed E-state index contributed by atoms with van der Waals surface area (Å²) in [5.41, 5.74) is 3.61. The van der Waals surface area contributed by atoms with Gasteiger partial charge in [-0.05, 0) is 61.9 Å². The van der Waals surface area contributed by atoms with Crippen molar-refractivity contribution in [2.24, 2.45) is 0 Å². The van der Waals surface area contributed by atoms with E-state index in [1.165, 1.54) is 12.1 Å². The van der Waals surface area contributed by atoms with Gasteiger partial charge in [0.2, 0.25) is 5.89 Å². The van der Waals surface area contributed by atoms with Crippen LogP contribution in [0.15, 0.2) is 80.4 Å². The number of terminal acetylenes is 1. The van der Waals surface area contributed by atoms with E-state index in [1.807, 2.05) is 19.9 Å². The molecule has 0 spiro atoms. The smallest absolute Gasteiger partial charge is 0.337 e. The van der Waals surface area contributed by atoms with Crippen LogP contribution in [0.4, 0.5) is 5.69 Å². The number of rotatable bonds is 6. The van der Waals surface area contributed by atoms with E-state index in [0.717, 1.165) is 11.1 Å². The molecule has 0 saturated carbocycles. The second-order valence-electron chi connectivity index (χ2n) is 8.56. The Morgan fingerprint density at radius 1 is 1.03 bits per heavy atom. The molecule has 0 bridgehead atoms. The van der Waals surface area contributed by atoms with Crippen molar-refractivity contribution in [3.05, 3.63) is 99.2 Å². The van der Waals surface area contributed by atoms with E-state index in [0.29, 0.717) is 27.8 Å². The number of carboxylic acids is 1. The van der Waals surface area contributed by atoms with Gasteiger partial charge >= 0.3 is 5.97 Å². The number of carbonyl (C=O) groups is 1. The monoisotopic (exact) mass is 491 g/mol. The van der Waals surface area contributed by atoms with Gasteiger partial charge in [-0.15, -0.1) is 16.6 Å². The van der Waals surface area contributed by atoms with Crippen LogP contribution < -0.4 is 10.7 Å². The highest BCUT2D eigenvalue weighted by molar-refractivity contribution is 5.94. The van der Waals surface area contributed by atoms with Crippen LogP contribution >= 0.6 is 0 Å². The summed E-state index contributed by atoms with van der Waals surface area (Å²) in [6.07, 6.45) is 5.41. The number of nitrogens with one attached hydrogen (secondary N) is 1. The van der Waals surface area contributed by atoms with Gasteiger partial charge in [0.25, 0.3) is 5.89 Å². The molecule has 5 aromatic rings. The lowest BCUT2D eigenvalue weighted by molar-refractivity contribution is 0.0698. The summed E-state index contributed by atoms with van der Waals surface area (Å²) in [5.74, 6) is 1.94. The lowest BCUT2D eigenvalue weighted by atomic mass is 10.0. The van der Waals surface area contributed by atoms with Crippen LogP contribution in [0, 0.1) is 19.3 Å². The van der Waals surface area contributed by atoms with Crippen molar-refractivity contribution in [2.45, 2.75) is 19.9 Å². The van der Waals surface area contributed by atoms with Gasteiger partial charge in [0.15, 0.2) is 11.2 Å². The molecule has 1 unspecified atom stereocenters. The molecule has 0 amide bonds. The first kappa shape index (κ1) is 23.6. The first-order valence-corrected chi connectivity index (χ1v) is 11.4. The zero-order chi connectivity index (χ0) is 26.1. The molecule has 2 N–H and O–H groups in total. The Balaban J connectivity index is 1.56. The summed E-state index contributed by atoms with van der Waals surface area (Å²) in [7, 11) is 0. The predicted octanol–water partition coefficient (Wildman–Crippen LogP) is 5.67. The van der Waals surface area contributed by atoms with Gasteiger partial charge in [-0.1, -0.05) is 24.1 Å². The van der Waals surface area contributed by atoms with Gasteiger partial charge in [0.1, 0.15) is 5.58 Å². The van der Waals surface area contributed by atoms with Crippen molar-refractivity contribution in [3.63, 3.8) is 0 Å². The normalized spacial score (nSPS) is 11.7. The number of nitrogens with zero attached hydrogens (tertiary/aromatic N) is 2. The molecular weight excluding hydrogens is 470 g/mol. The Labute approximate surface area is 211 Å². The average molecular weight is 492 g/mol. The highest BCUT2D eigenvalue weighted by Gasteiger charge is 2.20. The number of fused-ring (bicyclic) bond motifs is 1. The topological polar surface area (TPSA) is 118 Å². The zero-order valence-electron chi connectivity index (χ0n) is 20.0. The molecule has 0 saturated heterocycles. The molecule has 0 aliphatic rings. The Hall–Kier alpha value is -5.16. The molecule has 5 rings (SSSR count). The van der Waals surface area contributed by atoms with E-state index in [-0.39, 0.29) is 28.5 Å². The highest BCUT2D eigenvalue weighted by atomic mass is 16.4. The number of aryl methyl sites for hydroxylation is 1. The van der Waals surface area contributed by atoms with Crippen molar-refractivity contribution < 1.29 is 18.7 Å². The van der Waals surface area contributed by atoms with E-state index in [2.05, 4.69) is 21.4 Å². The summed E-state index contributed by atoms with van der Waals surface area (Å²) < 4.78 is 12.0. The maximum absolute atomic E-state index is 13.1.